The van der Waals surface area contributed by atoms with Crippen molar-refractivity contribution in [3.8, 4) is 0 Å². The molecule has 1 saturated carbocycles. The zero-order valence-electron chi connectivity index (χ0n) is 13.2. The molecule has 1 aliphatic heterocycles. The van der Waals surface area contributed by atoms with Crippen molar-refractivity contribution in [2.45, 2.75) is 51.5 Å². The van der Waals surface area contributed by atoms with Crippen LogP contribution in [0.3, 0.4) is 0 Å². The van der Waals surface area contributed by atoms with Gasteiger partial charge in [-0.2, -0.15) is 0 Å². The predicted octanol–water partition coefficient (Wildman–Crippen LogP) is 1.71. The van der Waals surface area contributed by atoms with Crippen LogP contribution in [0.1, 0.15) is 45.4 Å². The summed E-state index contributed by atoms with van der Waals surface area (Å²) in [5.41, 5.74) is 0. The highest BCUT2D eigenvalue weighted by Gasteiger charge is 2.21. The number of nitrogens with one attached hydrogen (secondary N) is 1. The molecule has 2 fully saturated rings. The van der Waals surface area contributed by atoms with Crippen LogP contribution in [0.5, 0.6) is 0 Å². The molecule has 0 spiro atoms. The van der Waals surface area contributed by atoms with Crippen molar-refractivity contribution in [1.82, 2.24) is 15.1 Å². The lowest BCUT2D eigenvalue weighted by molar-refractivity contribution is -0.123. The third-order valence-corrected chi connectivity index (χ3v) is 4.86. The van der Waals surface area contributed by atoms with Gasteiger partial charge >= 0.3 is 0 Å². The highest BCUT2D eigenvalue weighted by atomic mass is 16.2. The first-order valence-corrected chi connectivity index (χ1v) is 8.37. The van der Waals surface area contributed by atoms with Crippen molar-refractivity contribution in [2.75, 3.05) is 39.8 Å². The minimum Gasteiger partial charge on any atom is -0.352 e. The van der Waals surface area contributed by atoms with Crippen LogP contribution in [0.4, 0.5) is 0 Å². The van der Waals surface area contributed by atoms with Gasteiger partial charge in [0.2, 0.25) is 5.91 Å². The van der Waals surface area contributed by atoms with E-state index in [4.69, 9.17) is 0 Å². The summed E-state index contributed by atoms with van der Waals surface area (Å²) in [5.74, 6) is 1.03. The molecule has 1 aliphatic carbocycles. The molecule has 0 aromatic carbocycles. The van der Waals surface area contributed by atoms with Crippen molar-refractivity contribution in [1.29, 1.82) is 0 Å². The second-order valence-corrected chi connectivity index (χ2v) is 6.62. The largest absolute Gasteiger partial charge is 0.352 e. The van der Waals surface area contributed by atoms with Crippen molar-refractivity contribution >= 4 is 5.91 Å². The van der Waals surface area contributed by atoms with Gasteiger partial charge in [-0.25, -0.2) is 0 Å². The summed E-state index contributed by atoms with van der Waals surface area (Å²) in [5, 5.41) is 3.21. The quantitative estimate of drug-likeness (QED) is 0.805. The second kappa shape index (κ2) is 7.99. The van der Waals surface area contributed by atoms with Gasteiger partial charge in [-0.3, -0.25) is 9.69 Å². The molecule has 0 unspecified atom stereocenters. The molecule has 1 heterocycles. The molecule has 116 valence electrons. The lowest BCUT2D eigenvalue weighted by atomic mass is 10.1. The predicted molar refractivity (Wildman–Crippen MR) is 82.7 cm³/mol. The van der Waals surface area contributed by atoms with E-state index in [1.165, 1.54) is 25.7 Å². The Morgan fingerprint density at radius 2 is 1.85 bits per heavy atom. The number of carbonyl (C=O) groups excluding carboxylic acids is 1. The van der Waals surface area contributed by atoms with Crippen LogP contribution in [0.2, 0.25) is 0 Å². The summed E-state index contributed by atoms with van der Waals surface area (Å²) in [6, 6.07) is 0.394. The summed E-state index contributed by atoms with van der Waals surface area (Å²) in [6.45, 7) is 7.23. The normalized spacial score (nSPS) is 22.6. The summed E-state index contributed by atoms with van der Waals surface area (Å²) >= 11 is 0. The molecule has 1 amide bonds. The number of piperidine rings is 1. The summed E-state index contributed by atoms with van der Waals surface area (Å²) in [4.78, 5) is 16.7. The molecular weight excluding hydrogens is 250 g/mol. The molecule has 0 atom stereocenters. The molecule has 0 aromatic rings. The van der Waals surface area contributed by atoms with E-state index in [2.05, 4.69) is 29.1 Å². The lowest BCUT2D eigenvalue weighted by Gasteiger charge is -2.32. The molecule has 0 radical (unpaired) electrons. The van der Waals surface area contributed by atoms with Crippen LogP contribution < -0.4 is 5.32 Å². The third-order valence-electron chi connectivity index (χ3n) is 4.86. The SMILES string of the molecule is CCN1CCC(NC(=O)CN(C)CC2CCCC2)CC1. The van der Waals surface area contributed by atoms with Gasteiger partial charge in [0.15, 0.2) is 0 Å². The molecule has 2 rings (SSSR count). The van der Waals surface area contributed by atoms with E-state index in [-0.39, 0.29) is 5.91 Å². The number of amides is 1. The van der Waals surface area contributed by atoms with Gasteiger partial charge in [0.05, 0.1) is 6.54 Å². The van der Waals surface area contributed by atoms with Crippen LogP contribution in [0, 0.1) is 5.92 Å². The van der Waals surface area contributed by atoms with Crippen molar-refractivity contribution in [2.24, 2.45) is 5.92 Å². The van der Waals surface area contributed by atoms with Crippen LogP contribution in [0.15, 0.2) is 0 Å². The van der Waals surface area contributed by atoms with Crippen LogP contribution in [-0.4, -0.2) is 61.5 Å². The number of likely N-dealkylation sites (N-methyl/N-ethyl adjacent to an activating group) is 1. The minimum absolute atomic E-state index is 0.209. The molecule has 2 aliphatic rings. The third kappa shape index (κ3) is 5.06. The average molecular weight is 281 g/mol. The maximum atomic E-state index is 12.1. The van der Waals surface area contributed by atoms with E-state index in [1.54, 1.807) is 0 Å². The Morgan fingerprint density at radius 3 is 2.45 bits per heavy atom. The van der Waals surface area contributed by atoms with Gasteiger partial charge in [-0.05, 0) is 45.2 Å². The Bertz CT molecular complexity index is 294. The average Bonchev–Trinajstić information content (AvgIpc) is 2.92. The van der Waals surface area contributed by atoms with E-state index >= 15 is 0 Å². The number of rotatable bonds is 6. The number of carbonyl (C=O) groups is 1. The topological polar surface area (TPSA) is 35.6 Å². The van der Waals surface area contributed by atoms with Crippen LogP contribution >= 0.6 is 0 Å². The maximum Gasteiger partial charge on any atom is 0.234 e. The van der Waals surface area contributed by atoms with Crippen LogP contribution in [0.25, 0.3) is 0 Å². The fraction of sp³-hybridized carbons (Fsp3) is 0.938. The van der Waals surface area contributed by atoms with Gasteiger partial charge in [-0.15, -0.1) is 0 Å². The number of hydrogen-bond donors (Lipinski definition) is 1. The zero-order valence-corrected chi connectivity index (χ0v) is 13.2. The fourth-order valence-corrected chi connectivity index (χ4v) is 3.61. The molecule has 1 saturated heterocycles. The van der Waals surface area contributed by atoms with E-state index in [9.17, 15) is 4.79 Å². The van der Waals surface area contributed by atoms with E-state index in [0.717, 1.165) is 44.9 Å². The minimum atomic E-state index is 0.209. The van der Waals surface area contributed by atoms with Crippen LogP contribution in [-0.2, 0) is 4.79 Å². The van der Waals surface area contributed by atoms with Gasteiger partial charge in [0, 0.05) is 25.7 Å². The molecule has 4 nitrogen and oxygen atoms in total. The highest BCUT2D eigenvalue weighted by Crippen LogP contribution is 2.24. The lowest BCUT2D eigenvalue weighted by Crippen LogP contribution is -2.47. The van der Waals surface area contributed by atoms with Gasteiger partial charge in [0.25, 0.3) is 0 Å². The van der Waals surface area contributed by atoms with E-state index < -0.39 is 0 Å². The number of hydrogen-bond acceptors (Lipinski definition) is 3. The first-order chi connectivity index (χ1) is 9.67. The van der Waals surface area contributed by atoms with Crippen molar-refractivity contribution < 1.29 is 4.79 Å². The summed E-state index contributed by atoms with van der Waals surface area (Å²) in [6.07, 6.45) is 7.65. The van der Waals surface area contributed by atoms with Crippen molar-refractivity contribution in [3.05, 3.63) is 0 Å². The maximum absolute atomic E-state index is 12.1. The number of likely N-dealkylation sites (tertiary alicyclic amines) is 1. The zero-order chi connectivity index (χ0) is 14.4. The van der Waals surface area contributed by atoms with E-state index in [1.807, 2.05) is 0 Å². The van der Waals surface area contributed by atoms with E-state index in [0.29, 0.717) is 12.6 Å². The Morgan fingerprint density at radius 1 is 1.20 bits per heavy atom. The Labute approximate surface area is 123 Å². The van der Waals surface area contributed by atoms with Crippen molar-refractivity contribution in [3.63, 3.8) is 0 Å². The Kier molecular flexibility index (Phi) is 6.30. The second-order valence-electron chi connectivity index (χ2n) is 6.62. The molecule has 0 aromatic heterocycles. The molecule has 20 heavy (non-hydrogen) atoms. The Hall–Kier alpha value is -0.610. The monoisotopic (exact) mass is 281 g/mol. The molecular formula is C16H31N3O. The summed E-state index contributed by atoms with van der Waals surface area (Å²) < 4.78 is 0. The standard InChI is InChI=1S/C16H31N3O/c1-3-19-10-8-15(9-11-19)17-16(20)13-18(2)12-14-6-4-5-7-14/h14-15H,3-13H2,1-2H3,(H,17,20). The first kappa shape index (κ1) is 15.8. The van der Waals surface area contributed by atoms with Gasteiger partial charge in [0.1, 0.15) is 0 Å². The fourth-order valence-electron chi connectivity index (χ4n) is 3.61. The number of nitrogens with zero attached hydrogens (tertiary/aromatic N) is 2. The van der Waals surface area contributed by atoms with Gasteiger partial charge < -0.3 is 10.2 Å². The summed E-state index contributed by atoms with van der Waals surface area (Å²) in [7, 11) is 2.08. The Balaban J connectivity index is 1.62. The molecule has 1 N–H and O–H groups in total. The highest BCUT2D eigenvalue weighted by molar-refractivity contribution is 5.78. The molecule has 4 heteroatoms. The first-order valence-electron chi connectivity index (χ1n) is 8.37. The van der Waals surface area contributed by atoms with Gasteiger partial charge in [-0.1, -0.05) is 19.8 Å². The smallest absolute Gasteiger partial charge is 0.234 e. The molecule has 0 bridgehead atoms.